The Balaban J connectivity index is 1.51. The highest BCUT2D eigenvalue weighted by molar-refractivity contribution is 5.83. The Kier molecular flexibility index (Phi) is 6.22. The van der Waals surface area contributed by atoms with Crippen LogP contribution in [0.5, 0.6) is 0 Å². The Morgan fingerprint density at radius 1 is 0.912 bits per heavy atom. The zero-order valence-electron chi connectivity index (χ0n) is 18.1. The van der Waals surface area contributed by atoms with E-state index in [1.54, 1.807) is 0 Å². The van der Waals surface area contributed by atoms with Gasteiger partial charge >= 0.3 is 0 Å². The Morgan fingerprint density at radius 3 is 2.24 bits per heavy atom. The van der Waals surface area contributed by atoms with Crippen molar-refractivity contribution >= 4 is 17.0 Å². The zero-order valence-corrected chi connectivity index (χ0v) is 18.1. The Bertz CT molecular complexity index is 1240. The number of fused-ring (bicyclic) bond motifs is 1. The average molecular weight is 463 g/mol. The fourth-order valence-corrected chi connectivity index (χ4v) is 4.25. The summed E-state index contributed by atoms with van der Waals surface area (Å²) in [6, 6.07) is 18.3. The predicted molar refractivity (Wildman–Crippen MR) is 123 cm³/mol. The van der Waals surface area contributed by atoms with Gasteiger partial charge in [0, 0.05) is 0 Å². The van der Waals surface area contributed by atoms with Crippen LogP contribution in [0.4, 0.5) is 5.82 Å². The first kappa shape index (κ1) is 22.4. The molecule has 3 heterocycles. The van der Waals surface area contributed by atoms with Gasteiger partial charge in [0.15, 0.2) is 23.2 Å². The van der Waals surface area contributed by atoms with Gasteiger partial charge in [0.05, 0.1) is 19.0 Å². The van der Waals surface area contributed by atoms with Crippen LogP contribution in [0, 0.1) is 0 Å². The van der Waals surface area contributed by atoms with Crippen molar-refractivity contribution in [3.8, 4) is 0 Å². The van der Waals surface area contributed by atoms with E-state index in [9.17, 15) is 20.4 Å². The summed E-state index contributed by atoms with van der Waals surface area (Å²) in [5.74, 6) is 0.388. The Morgan fingerprint density at radius 2 is 1.59 bits per heavy atom. The van der Waals surface area contributed by atoms with Gasteiger partial charge in [-0.3, -0.25) is 4.57 Å². The molecule has 5 rings (SSSR count). The van der Waals surface area contributed by atoms with E-state index >= 15 is 0 Å². The molecule has 0 aliphatic carbocycles. The number of aliphatic hydroxyl groups excluding tert-OH is 4. The molecule has 4 aromatic rings. The summed E-state index contributed by atoms with van der Waals surface area (Å²) < 4.78 is 7.12. The minimum atomic E-state index is -1.27. The SMILES string of the molecule is OC[C@H]1O[C@@H](n2cnc3c(N[C@H](c4ccccc4)[C@@H](O)c4ccccc4)ncnc32)[C@@H](O)C1O. The van der Waals surface area contributed by atoms with Crippen LogP contribution in [-0.4, -0.2) is 64.9 Å². The number of aromatic nitrogens is 4. The lowest BCUT2D eigenvalue weighted by Crippen LogP contribution is -2.33. The molecule has 1 aliphatic heterocycles. The van der Waals surface area contributed by atoms with Gasteiger partial charge in [-0.25, -0.2) is 15.0 Å². The predicted octanol–water partition coefficient (Wildman–Crippen LogP) is 1.32. The van der Waals surface area contributed by atoms with Gasteiger partial charge < -0.3 is 30.5 Å². The maximum absolute atomic E-state index is 11.2. The van der Waals surface area contributed by atoms with Crippen molar-refractivity contribution in [2.75, 3.05) is 11.9 Å². The average Bonchev–Trinajstić information content (AvgIpc) is 3.44. The maximum atomic E-state index is 11.2. The molecule has 176 valence electrons. The molecule has 1 aliphatic rings. The van der Waals surface area contributed by atoms with E-state index in [1.165, 1.54) is 17.2 Å². The lowest BCUT2D eigenvalue weighted by atomic mass is 9.96. The normalized spacial score (nSPS) is 24.2. The van der Waals surface area contributed by atoms with Gasteiger partial charge in [0.2, 0.25) is 0 Å². The standard InChI is InChI=1S/C24H25N5O5/c30-11-16-20(32)21(33)24(34-16)29-13-27-18-22(25-12-26-23(18)29)28-17(14-7-3-1-4-8-14)19(31)15-9-5-2-6-10-15/h1-10,12-13,16-17,19-21,24,30-33H,11H2,(H,25,26,28)/t16-,17-,19+,20?,21+,24-/m1/s1. The van der Waals surface area contributed by atoms with Crippen molar-refractivity contribution in [3.05, 3.63) is 84.4 Å². The molecule has 34 heavy (non-hydrogen) atoms. The third kappa shape index (κ3) is 4.02. The summed E-state index contributed by atoms with van der Waals surface area (Å²) in [6.07, 6.45) is -2.48. The van der Waals surface area contributed by atoms with Crippen molar-refractivity contribution in [1.29, 1.82) is 0 Å². The van der Waals surface area contributed by atoms with Gasteiger partial charge in [0.25, 0.3) is 0 Å². The molecule has 2 aromatic heterocycles. The molecule has 6 atom stereocenters. The second-order valence-electron chi connectivity index (χ2n) is 8.16. The molecule has 1 fully saturated rings. The summed E-state index contributed by atoms with van der Waals surface area (Å²) in [5, 5.41) is 44.5. The van der Waals surface area contributed by atoms with Crippen molar-refractivity contribution in [2.45, 2.75) is 36.7 Å². The number of anilines is 1. The van der Waals surface area contributed by atoms with Crippen LogP contribution in [-0.2, 0) is 4.74 Å². The van der Waals surface area contributed by atoms with E-state index in [2.05, 4.69) is 20.3 Å². The second kappa shape index (κ2) is 9.45. The van der Waals surface area contributed by atoms with Gasteiger partial charge in [-0.05, 0) is 11.1 Å². The lowest BCUT2D eigenvalue weighted by molar-refractivity contribution is -0.0511. The molecule has 0 saturated carbocycles. The summed E-state index contributed by atoms with van der Waals surface area (Å²) in [4.78, 5) is 13.1. The Labute approximate surface area is 195 Å². The summed E-state index contributed by atoms with van der Waals surface area (Å²) >= 11 is 0. The highest BCUT2D eigenvalue weighted by Gasteiger charge is 2.44. The third-order valence-corrected chi connectivity index (χ3v) is 6.06. The van der Waals surface area contributed by atoms with E-state index in [1.807, 2.05) is 60.7 Å². The largest absolute Gasteiger partial charge is 0.394 e. The quantitative estimate of drug-likeness (QED) is 0.274. The zero-order chi connectivity index (χ0) is 23.7. The molecule has 0 radical (unpaired) electrons. The smallest absolute Gasteiger partial charge is 0.167 e. The van der Waals surface area contributed by atoms with Crippen LogP contribution in [0.15, 0.2) is 73.3 Å². The minimum absolute atomic E-state index is 0.369. The first-order valence-electron chi connectivity index (χ1n) is 10.9. The number of imidazole rings is 1. The molecule has 0 bridgehead atoms. The summed E-state index contributed by atoms with van der Waals surface area (Å²) in [6.45, 7) is -0.431. The molecular weight excluding hydrogens is 438 g/mol. The molecule has 5 N–H and O–H groups in total. The molecule has 1 saturated heterocycles. The lowest BCUT2D eigenvalue weighted by Gasteiger charge is -2.25. The first-order valence-corrected chi connectivity index (χ1v) is 10.9. The topological polar surface area (TPSA) is 146 Å². The van der Waals surface area contributed by atoms with Crippen LogP contribution in [0.2, 0.25) is 0 Å². The molecule has 0 amide bonds. The van der Waals surface area contributed by atoms with Gasteiger partial charge in [-0.15, -0.1) is 0 Å². The molecule has 10 nitrogen and oxygen atoms in total. The molecular formula is C24H25N5O5. The van der Waals surface area contributed by atoms with Crippen molar-refractivity contribution in [1.82, 2.24) is 19.5 Å². The summed E-state index contributed by atoms with van der Waals surface area (Å²) in [7, 11) is 0. The highest BCUT2D eigenvalue weighted by Crippen LogP contribution is 2.35. The number of hydrogen-bond donors (Lipinski definition) is 5. The van der Waals surface area contributed by atoms with Crippen molar-refractivity contribution in [2.24, 2.45) is 0 Å². The number of benzene rings is 2. The second-order valence-corrected chi connectivity index (χ2v) is 8.16. The Hall–Kier alpha value is -3.41. The number of hydrogen-bond acceptors (Lipinski definition) is 9. The number of nitrogens with zero attached hydrogens (tertiary/aromatic N) is 4. The first-order chi connectivity index (χ1) is 16.6. The monoisotopic (exact) mass is 463 g/mol. The fraction of sp³-hybridized carbons (Fsp3) is 0.292. The van der Waals surface area contributed by atoms with E-state index in [4.69, 9.17) is 4.74 Å². The van der Waals surface area contributed by atoms with Crippen LogP contribution >= 0.6 is 0 Å². The van der Waals surface area contributed by atoms with Crippen LogP contribution < -0.4 is 5.32 Å². The minimum Gasteiger partial charge on any atom is -0.394 e. The molecule has 0 spiro atoms. The summed E-state index contributed by atoms with van der Waals surface area (Å²) in [5.41, 5.74) is 2.37. The number of aliphatic hydroxyl groups is 4. The number of nitrogens with one attached hydrogen (secondary N) is 1. The van der Waals surface area contributed by atoms with Gasteiger partial charge in [-0.2, -0.15) is 0 Å². The molecule has 1 unspecified atom stereocenters. The highest BCUT2D eigenvalue weighted by atomic mass is 16.6. The van der Waals surface area contributed by atoms with E-state index in [0.717, 1.165) is 11.1 Å². The van der Waals surface area contributed by atoms with E-state index < -0.39 is 43.3 Å². The van der Waals surface area contributed by atoms with E-state index in [0.29, 0.717) is 17.0 Å². The van der Waals surface area contributed by atoms with Crippen LogP contribution in [0.25, 0.3) is 11.2 Å². The molecule has 10 heteroatoms. The van der Waals surface area contributed by atoms with Crippen LogP contribution in [0.1, 0.15) is 29.5 Å². The maximum Gasteiger partial charge on any atom is 0.167 e. The van der Waals surface area contributed by atoms with Crippen LogP contribution in [0.3, 0.4) is 0 Å². The fourth-order valence-electron chi connectivity index (χ4n) is 4.25. The van der Waals surface area contributed by atoms with E-state index in [-0.39, 0.29) is 0 Å². The number of ether oxygens (including phenoxy) is 1. The van der Waals surface area contributed by atoms with Gasteiger partial charge in [-0.1, -0.05) is 60.7 Å². The third-order valence-electron chi connectivity index (χ3n) is 6.06. The van der Waals surface area contributed by atoms with Gasteiger partial charge in [0.1, 0.15) is 30.7 Å². The molecule has 2 aromatic carbocycles. The number of rotatable bonds is 7. The van der Waals surface area contributed by atoms with Crippen molar-refractivity contribution in [3.63, 3.8) is 0 Å². The van der Waals surface area contributed by atoms with Crippen molar-refractivity contribution < 1.29 is 25.2 Å².